The molecule has 2 aliphatic heterocycles. The van der Waals surface area contributed by atoms with Crippen LogP contribution in [0.3, 0.4) is 0 Å². The van der Waals surface area contributed by atoms with Crippen LogP contribution in [0.5, 0.6) is 5.75 Å². The lowest BCUT2D eigenvalue weighted by Crippen LogP contribution is -2.37. The van der Waals surface area contributed by atoms with Crippen molar-refractivity contribution in [2.45, 2.75) is 19.4 Å². The molecular weight excluding hydrogens is 458 g/mol. The van der Waals surface area contributed by atoms with Gasteiger partial charge in [-0.05, 0) is 42.7 Å². The first kappa shape index (κ1) is 22.4. The monoisotopic (exact) mass is 485 g/mol. The van der Waals surface area contributed by atoms with E-state index in [9.17, 15) is 9.90 Å². The Balaban J connectivity index is 1.35. The highest BCUT2D eigenvalue weighted by Gasteiger charge is 2.23. The van der Waals surface area contributed by atoms with E-state index in [0.717, 1.165) is 31.5 Å². The van der Waals surface area contributed by atoms with Crippen LogP contribution in [0, 0.1) is 0 Å². The molecule has 0 saturated carbocycles. The zero-order valence-corrected chi connectivity index (χ0v) is 19.9. The topological polar surface area (TPSA) is 110 Å². The Labute approximate surface area is 208 Å². The zero-order valence-electron chi connectivity index (χ0n) is 19.9. The molecule has 2 saturated heterocycles. The molecule has 36 heavy (non-hydrogen) atoms. The Morgan fingerprint density at radius 1 is 0.972 bits per heavy atom. The van der Waals surface area contributed by atoms with Crippen LogP contribution in [0.25, 0.3) is 22.6 Å². The second-order valence-electron chi connectivity index (χ2n) is 9.14. The average molecular weight is 486 g/mol. The van der Waals surface area contributed by atoms with Gasteiger partial charge in [-0.25, -0.2) is 14.6 Å². The van der Waals surface area contributed by atoms with Crippen LogP contribution < -0.4 is 4.90 Å². The van der Waals surface area contributed by atoms with E-state index in [-0.39, 0.29) is 11.7 Å². The SMILES string of the molecule is O=C(c1ccc(Cn2nnc3c(N4CCOCC4)nc(-c4cccc(O)c4)nc32)cc1)N1CCCC1. The molecule has 0 atom stereocenters. The number of fused-ring (bicyclic) bond motifs is 1. The number of phenolic OH excluding ortho intramolecular Hbond substituents is 1. The van der Waals surface area contributed by atoms with Crippen molar-refractivity contribution in [3.05, 3.63) is 59.7 Å². The van der Waals surface area contributed by atoms with Crippen molar-refractivity contribution < 1.29 is 14.6 Å². The van der Waals surface area contributed by atoms with Crippen LogP contribution in [0.1, 0.15) is 28.8 Å². The lowest BCUT2D eigenvalue weighted by Gasteiger charge is -2.28. The summed E-state index contributed by atoms with van der Waals surface area (Å²) in [6.07, 6.45) is 2.14. The van der Waals surface area contributed by atoms with Crippen LogP contribution in [0.4, 0.5) is 5.82 Å². The number of rotatable bonds is 5. The number of aromatic hydroxyl groups is 1. The highest BCUT2D eigenvalue weighted by Crippen LogP contribution is 2.28. The minimum absolute atomic E-state index is 0.0869. The molecule has 2 aromatic heterocycles. The summed E-state index contributed by atoms with van der Waals surface area (Å²) in [7, 11) is 0. The van der Waals surface area contributed by atoms with Gasteiger partial charge in [-0.15, -0.1) is 5.10 Å². The summed E-state index contributed by atoms with van der Waals surface area (Å²) in [5.41, 5.74) is 3.64. The number of hydrogen-bond acceptors (Lipinski definition) is 8. The third-order valence-electron chi connectivity index (χ3n) is 6.69. The molecule has 2 aromatic carbocycles. The largest absolute Gasteiger partial charge is 0.508 e. The lowest BCUT2D eigenvalue weighted by molar-refractivity contribution is 0.0793. The number of hydrogen-bond donors (Lipinski definition) is 1. The molecule has 2 aliphatic rings. The molecule has 0 radical (unpaired) electrons. The molecule has 1 amide bonds. The fourth-order valence-corrected chi connectivity index (χ4v) is 4.75. The molecule has 0 aliphatic carbocycles. The van der Waals surface area contributed by atoms with E-state index in [2.05, 4.69) is 15.2 Å². The van der Waals surface area contributed by atoms with Crippen LogP contribution in [0.2, 0.25) is 0 Å². The number of likely N-dealkylation sites (tertiary alicyclic amines) is 1. The number of carbonyl (C=O) groups excluding carboxylic acids is 1. The molecule has 4 heterocycles. The summed E-state index contributed by atoms with van der Waals surface area (Å²) in [5, 5.41) is 18.8. The number of benzene rings is 2. The zero-order chi connectivity index (χ0) is 24.5. The third kappa shape index (κ3) is 4.35. The number of nitrogens with zero attached hydrogens (tertiary/aromatic N) is 7. The summed E-state index contributed by atoms with van der Waals surface area (Å²) in [6.45, 7) is 4.74. The highest BCUT2D eigenvalue weighted by molar-refractivity contribution is 5.94. The highest BCUT2D eigenvalue weighted by atomic mass is 16.5. The molecule has 0 bridgehead atoms. The van der Waals surface area contributed by atoms with Crippen molar-refractivity contribution in [1.29, 1.82) is 0 Å². The van der Waals surface area contributed by atoms with E-state index < -0.39 is 0 Å². The van der Waals surface area contributed by atoms with Crippen LogP contribution >= 0.6 is 0 Å². The average Bonchev–Trinajstić information content (AvgIpc) is 3.60. The Bertz CT molecular complexity index is 1390. The quantitative estimate of drug-likeness (QED) is 0.460. The summed E-state index contributed by atoms with van der Waals surface area (Å²) in [5.74, 6) is 1.44. The minimum atomic E-state index is 0.0869. The molecule has 10 heteroatoms. The van der Waals surface area contributed by atoms with E-state index >= 15 is 0 Å². The molecule has 0 unspecified atom stereocenters. The van der Waals surface area contributed by atoms with Crippen LogP contribution in [-0.2, 0) is 11.3 Å². The van der Waals surface area contributed by atoms with E-state index in [4.69, 9.17) is 14.7 Å². The van der Waals surface area contributed by atoms with Crippen LogP contribution in [0.15, 0.2) is 48.5 Å². The molecule has 2 fully saturated rings. The third-order valence-corrected chi connectivity index (χ3v) is 6.69. The van der Waals surface area contributed by atoms with Gasteiger partial charge in [0.15, 0.2) is 22.8 Å². The maximum Gasteiger partial charge on any atom is 0.253 e. The van der Waals surface area contributed by atoms with E-state index in [1.807, 2.05) is 35.2 Å². The number of carbonyl (C=O) groups is 1. The van der Waals surface area contributed by atoms with E-state index in [1.165, 1.54) is 0 Å². The fraction of sp³-hybridized carbons (Fsp3) is 0.346. The maximum absolute atomic E-state index is 12.7. The molecule has 6 rings (SSSR count). The van der Waals surface area contributed by atoms with Crippen LogP contribution in [-0.4, -0.2) is 80.3 Å². The van der Waals surface area contributed by atoms with Gasteiger partial charge in [-0.1, -0.05) is 29.5 Å². The van der Waals surface area contributed by atoms with Gasteiger partial charge in [0.2, 0.25) is 0 Å². The van der Waals surface area contributed by atoms with Gasteiger partial charge in [-0.3, -0.25) is 4.79 Å². The fourth-order valence-electron chi connectivity index (χ4n) is 4.75. The Kier molecular flexibility index (Phi) is 5.94. The number of anilines is 1. The van der Waals surface area contributed by atoms with Crippen molar-refractivity contribution in [1.82, 2.24) is 29.9 Å². The van der Waals surface area contributed by atoms with Crippen molar-refractivity contribution in [2.75, 3.05) is 44.3 Å². The second kappa shape index (κ2) is 9.54. The first-order valence-electron chi connectivity index (χ1n) is 12.3. The van der Waals surface area contributed by atoms with E-state index in [0.29, 0.717) is 66.8 Å². The first-order valence-corrected chi connectivity index (χ1v) is 12.3. The number of morpholine rings is 1. The smallest absolute Gasteiger partial charge is 0.253 e. The standard InChI is InChI=1S/C26H27N7O3/c34-21-5-3-4-20(16-21)23-27-24(31-12-14-36-15-13-31)22-25(28-23)33(30-29-22)17-18-6-8-19(9-7-18)26(35)32-10-1-2-11-32/h3-9,16,34H,1-2,10-15,17H2. The Hall–Kier alpha value is -4.05. The molecular formula is C26H27N7O3. The molecule has 1 N–H and O–H groups in total. The number of amides is 1. The van der Waals surface area contributed by atoms with Crippen molar-refractivity contribution in [3.63, 3.8) is 0 Å². The number of ether oxygens (including phenoxy) is 1. The predicted molar refractivity (Wildman–Crippen MR) is 134 cm³/mol. The van der Waals surface area contributed by atoms with Crippen molar-refractivity contribution in [3.8, 4) is 17.1 Å². The van der Waals surface area contributed by atoms with Crippen molar-refractivity contribution in [2.24, 2.45) is 0 Å². The van der Waals surface area contributed by atoms with Gasteiger partial charge in [0.1, 0.15) is 5.75 Å². The molecule has 0 spiro atoms. The van der Waals surface area contributed by atoms with Gasteiger partial charge < -0.3 is 19.6 Å². The van der Waals surface area contributed by atoms with Gasteiger partial charge >= 0.3 is 0 Å². The summed E-state index contributed by atoms with van der Waals surface area (Å²) >= 11 is 0. The van der Waals surface area contributed by atoms with Gasteiger partial charge in [-0.2, -0.15) is 0 Å². The second-order valence-corrected chi connectivity index (χ2v) is 9.14. The molecule has 4 aromatic rings. The Morgan fingerprint density at radius 3 is 2.50 bits per heavy atom. The first-order chi connectivity index (χ1) is 17.7. The molecule has 184 valence electrons. The number of phenols is 1. The summed E-state index contributed by atoms with van der Waals surface area (Å²) < 4.78 is 7.28. The predicted octanol–water partition coefficient (Wildman–Crippen LogP) is 2.71. The van der Waals surface area contributed by atoms with Crippen molar-refractivity contribution >= 4 is 22.9 Å². The van der Waals surface area contributed by atoms with Gasteiger partial charge in [0.25, 0.3) is 5.91 Å². The summed E-state index contributed by atoms with van der Waals surface area (Å²) in [4.78, 5) is 26.3. The maximum atomic E-state index is 12.7. The summed E-state index contributed by atoms with van der Waals surface area (Å²) in [6, 6.07) is 14.6. The van der Waals surface area contributed by atoms with Gasteiger partial charge in [0, 0.05) is 37.3 Å². The Morgan fingerprint density at radius 2 is 1.75 bits per heavy atom. The molecule has 10 nitrogen and oxygen atoms in total. The minimum Gasteiger partial charge on any atom is -0.508 e. The number of aromatic nitrogens is 5. The lowest BCUT2D eigenvalue weighted by atomic mass is 10.1. The van der Waals surface area contributed by atoms with Gasteiger partial charge in [0.05, 0.1) is 19.8 Å². The van der Waals surface area contributed by atoms with E-state index in [1.54, 1.807) is 22.9 Å². The normalized spacial score (nSPS) is 16.1.